The third kappa shape index (κ3) is 4.45. The molecule has 1 rings (SSSR count). The van der Waals surface area contributed by atoms with Crippen molar-refractivity contribution in [2.45, 2.75) is 6.42 Å². The minimum absolute atomic E-state index is 0.581. The molecule has 13 heavy (non-hydrogen) atoms. The SMILES string of the molecule is NS(=O)(=O)C=CCc1ccccc1. The molecule has 2 N–H and O–H groups in total. The van der Waals surface area contributed by atoms with Gasteiger partial charge in [0, 0.05) is 5.41 Å². The summed E-state index contributed by atoms with van der Waals surface area (Å²) in [6.07, 6.45) is 2.11. The Morgan fingerprint density at radius 3 is 2.38 bits per heavy atom. The predicted octanol–water partition coefficient (Wildman–Crippen LogP) is 1.03. The molecule has 0 atom stereocenters. The van der Waals surface area contributed by atoms with E-state index in [9.17, 15) is 8.42 Å². The van der Waals surface area contributed by atoms with Crippen molar-refractivity contribution < 1.29 is 8.42 Å². The summed E-state index contributed by atoms with van der Waals surface area (Å²) in [6, 6.07) is 9.56. The van der Waals surface area contributed by atoms with E-state index in [0.717, 1.165) is 11.0 Å². The van der Waals surface area contributed by atoms with Crippen LogP contribution in [0.1, 0.15) is 5.56 Å². The number of allylic oxidation sites excluding steroid dienone is 1. The molecular formula is C9H11NO2S. The number of rotatable bonds is 3. The van der Waals surface area contributed by atoms with E-state index in [2.05, 4.69) is 0 Å². The molecule has 0 unspecified atom stereocenters. The molecule has 0 aliphatic heterocycles. The Labute approximate surface area is 77.9 Å². The van der Waals surface area contributed by atoms with Gasteiger partial charge in [-0.05, 0) is 12.0 Å². The van der Waals surface area contributed by atoms with Gasteiger partial charge in [-0.25, -0.2) is 13.6 Å². The van der Waals surface area contributed by atoms with Crippen molar-refractivity contribution in [1.82, 2.24) is 0 Å². The van der Waals surface area contributed by atoms with E-state index in [0.29, 0.717) is 6.42 Å². The summed E-state index contributed by atoms with van der Waals surface area (Å²) < 4.78 is 21.0. The predicted molar refractivity (Wildman–Crippen MR) is 52.4 cm³/mol. The Hall–Kier alpha value is -1.13. The highest BCUT2D eigenvalue weighted by molar-refractivity contribution is 7.92. The van der Waals surface area contributed by atoms with E-state index in [4.69, 9.17) is 5.14 Å². The quantitative estimate of drug-likeness (QED) is 0.786. The maximum Gasteiger partial charge on any atom is 0.230 e. The zero-order valence-electron chi connectivity index (χ0n) is 7.05. The van der Waals surface area contributed by atoms with Crippen LogP contribution in [-0.4, -0.2) is 8.42 Å². The minimum Gasteiger partial charge on any atom is -0.225 e. The molecule has 4 heteroatoms. The topological polar surface area (TPSA) is 60.2 Å². The number of benzene rings is 1. The lowest BCUT2D eigenvalue weighted by atomic mass is 10.2. The van der Waals surface area contributed by atoms with Crippen LogP contribution in [0.3, 0.4) is 0 Å². The van der Waals surface area contributed by atoms with Crippen LogP contribution in [0.4, 0.5) is 0 Å². The molecular weight excluding hydrogens is 186 g/mol. The van der Waals surface area contributed by atoms with Crippen LogP contribution in [0.5, 0.6) is 0 Å². The second kappa shape index (κ2) is 4.20. The van der Waals surface area contributed by atoms with Crippen molar-refractivity contribution in [3.8, 4) is 0 Å². The molecule has 0 amide bonds. The van der Waals surface area contributed by atoms with Crippen LogP contribution in [0.25, 0.3) is 0 Å². The summed E-state index contributed by atoms with van der Waals surface area (Å²) in [4.78, 5) is 0. The third-order valence-electron chi connectivity index (χ3n) is 1.48. The fourth-order valence-corrected chi connectivity index (χ4v) is 1.30. The zero-order valence-corrected chi connectivity index (χ0v) is 7.87. The summed E-state index contributed by atoms with van der Waals surface area (Å²) >= 11 is 0. The van der Waals surface area contributed by atoms with Crippen molar-refractivity contribution in [3.63, 3.8) is 0 Å². The first-order chi connectivity index (χ1) is 6.08. The van der Waals surface area contributed by atoms with Gasteiger partial charge in [0.05, 0.1) is 0 Å². The highest BCUT2D eigenvalue weighted by Gasteiger charge is 1.92. The molecule has 0 aliphatic rings. The van der Waals surface area contributed by atoms with Gasteiger partial charge in [-0.3, -0.25) is 0 Å². The van der Waals surface area contributed by atoms with Crippen molar-refractivity contribution in [1.29, 1.82) is 0 Å². The molecule has 70 valence electrons. The van der Waals surface area contributed by atoms with Crippen molar-refractivity contribution >= 4 is 10.0 Å². The Balaban J connectivity index is 2.59. The number of sulfonamides is 1. The standard InChI is InChI=1S/C9H11NO2S/c10-13(11,12)8-4-7-9-5-2-1-3-6-9/h1-6,8H,7H2,(H2,10,11,12). The van der Waals surface area contributed by atoms with Gasteiger partial charge in [-0.1, -0.05) is 36.4 Å². The summed E-state index contributed by atoms with van der Waals surface area (Å²) in [5, 5.41) is 5.80. The highest BCUT2D eigenvalue weighted by Crippen LogP contribution is 2.00. The number of primary sulfonamides is 1. The fraction of sp³-hybridized carbons (Fsp3) is 0.111. The lowest BCUT2D eigenvalue weighted by Gasteiger charge is -1.93. The summed E-state index contributed by atoms with van der Waals surface area (Å²) in [5.74, 6) is 0. The number of hydrogen-bond acceptors (Lipinski definition) is 2. The first-order valence-corrected chi connectivity index (χ1v) is 5.42. The third-order valence-corrected chi connectivity index (χ3v) is 2.05. The zero-order chi connectivity index (χ0) is 9.73. The molecule has 0 spiro atoms. The lowest BCUT2D eigenvalue weighted by Crippen LogP contribution is -2.06. The Morgan fingerprint density at radius 1 is 1.23 bits per heavy atom. The maximum atomic E-state index is 10.5. The summed E-state index contributed by atoms with van der Waals surface area (Å²) in [5.41, 5.74) is 1.06. The monoisotopic (exact) mass is 197 g/mol. The van der Waals surface area contributed by atoms with Gasteiger partial charge in [0.2, 0.25) is 10.0 Å². The molecule has 0 bridgehead atoms. The number of hydrogen-bond donors (Lipinski definition) is 1. The van der Waals surface area contributed by atoms with Crippen LogP contribution in [0.15, 0.2) is 41.8 Å². The first-order valence-electron chi connectivity index (χ1n) is 3.81. The van der Waals surface area contributed by atoms with Gasteiger partial charge in [0.15, 0.2) is 0 Å². The molecule has 3 nitrogen and oxygen atoms in total. The molecule has 0 heterocycles. The van der Waals surface area contributed by atoms with E-state index < -0.39 is 10.0 Å². The molecule has 0 saturated heterocycles. The van der Waals surface area contributed by atoms with Crippen LogP contribution >= 0.6 is 0 Å². The normalized spacial score (nSPS) is 12.1. The molecule has 0 aliphatic carbocycles. The van der Waals surface area contributed by atoms with Crippen molar-refractivity contribution in [2.24, 2.45) is 5.14 Å². The van der Waals surface area contributed by atoms with E-state index in [1.807, 2.05) is 30.3 Å². The molecule has 1 aromatic rings. The Morgan fingerprint density at radius 2 is 1.85 bits per heavy atom. The smallest absolute Gasteiger partial charge is 0.225 e. The van der Waals surface area contributed by atoms with Gasteiger partial charge < -0.3 is 0 Å². The highest BCUT2D eigenvalue weighted by atomic mass is 32.2. The van der Waals surface area contributed by atoms with Gasteiger partial charge >= 0.3 is 0 Å². The van der Waals surface area contributed by atoms with E-state index >= 15 is 0 Å². The second-order valence-corrected chi connectivity index (χ2v) is 4.10. The average Bonchev–Trinajstić information content (AvgIpc) is 2.04. The van der Waals surface area contributed by atoms with Crippen LogP contribution in [0.2, 0.25) is 0 Å². The van der Waals surface area contributed by atoms with Crippen molar-refractivity contribution in [2.75, 3.05) is 0 Å². The summed E-state index contributed by atoms with van der Waals surface area (Å²) in [7, 11) is -3.47. The molecule has 0 fully saturated rings. The van der Waals surface area contributed by atoms with Crippen molar-refractivity contribution in [3.05, 3.63) is 47.4 Å². The van der Waals surface area contributed by atoms with E-state index in [-0.39, 0.29) is 0 Å². The molecule has 1 aromatic carbocycles. The van der Waals surface area contributed by atoms with E-state index in [1.165, 1.54) is 6.08 Å². The fourth-order valence-electron chi connectivity index (χ4n) is 0.932. The van der Waals surface area contributed by atoms with E-state index in [1.54, 1.807) is 0 Å². The van der Waals surface area contributed by atoms with Gasteiger partial charge in [0.25, 0.3) is 0 Å². The Bertz CT molecular complexity index is 381. The maximum absolute atomic E-state index is 10.5. The second-order valence-electron chi connectivity index (χ2n) is 2.65. The molecule has 0 aromatic heterocycles. The number of nitrogens with two attached hydrogens (primary N) is 1. The average molecular weight is 197 g/mol. The largest absolute Gasteiger partial charge is 0.230 e. The first kappa shape index (κ1) is 9.95. The van der Waals surface area contributed by atoms with Gasteiger partial charge in [-0.15, -0.1) is 0 Å². The van der Waals surface area contributed by atoms with Crippen LogP contribution < -0.4 is 5.14 Å². The lowest BCUT2D eigenvalue weighted by molar-refractivity contribution is 0.606. The van der Waals surface area contributed by atoms with Gasteiger partial charge in [-0.2, -0.15) is 0 Å². The van der Waals surface area contributed by atoms with Gasteiger partial charge in [0.1, 0.15) is 0 Å². The van der Waals surface area contributed by atoms with Crippen LogP contribution in [0, 0.1) is 0 Å². The molecule has 0 radical (unpaired) electrons. The van der Waals surface area contributed by atoms with Crippen LogP contribution in [-0.2, 0) is 16.4 Å². The molecule has 0 saturated carbocycles. The Kier molecular flexibility index (Phi) is 3.22. The summed E-state index contributed by atoms with van der Waals surface area (Å²) in [6.45, 7) is 0. The minimum atomic E-state index is -3.47.